The molecule has 0 aliphatic carbocycles. The summed E-state index contributed by atoms with van der Waals surface area (Å²) in [6.07, 6.45) is 3.58. The Balaban J connectivity index is 1.68. The summed E-state index contributed by atoms with van der Waals surface area (Å²) < 4.78 is 28.3. The number of nitrogens with zero attached hydrogens (tertiary/aromatic N) is 3. The number of aromatic nitrogens is 2. The quantitative estimate of drug-likeness (QED) is 0.772. The predicted octanol–water partition coefficient (Wildman–Crippen LogP) is 0.116. The van der Waals surface area contributed by atoms with E-state index >= 15 is 0 Å². The van der Waals surface area contributed by atoms with Gasteiger partial charge in [0.2, 0.25) is 15.9 Å². The number of piperazine rings is 1. The summed E-state index contributed by atoms with van der Waals surface area (Å²) in [7, 11) is -3.67. The van der Waals surface area contributed by atoms with E-state index in [4.69, 9.17) is 0 Å². The second-order valence-electron chi connectivity index (χ2n) is 5.41. The van der Waals surface area contributed by atoms with E-state index in [0.29, 0.717) is 25.3 Å². The van der Waals surface area contributed by atoms with Gasteiger partial charge in [0.1, 0.15) is 0 Å². The number of carbonyl (C=O) groups excluding carboxylic acids is 1. The second-order valence-corrected chi connectivity index (χ2v) is 7.35. The molecule has 1 aliphatic heterocycles. The van der Waals surface area contributed by atoms with E-state index < -0.39 is 10.0 Å². The Morgan fingerprint density at radius 1 is 1.29 bits per heavy atom. The van der Waals surface area contributed by atoms with E-state index in [9.17, 15) is 13.2 Å². The van der Waals surface area contributed by atoms with Crippen LogP contribution < -0.4 is 10.6 Å². The van der Waals surface area contributed by atoms with Crippen molar-refractivity contribution < 1.29 is 13.2 Å². The first-order valence-electron chi connectivity index (χ1n) is 7.64. The lowest BCUT2D eigenvalue weighted by molar-refractivity contribution is -0.122. The van der Waals surface area contributed by atoms with Crippen LogP contribution in [0.1, 0.15) is 0 Å². The zero-order valence-corrected chi connectivity index (χ0v) is 13.9. The van der Waals surface area contributed by atoms with Crippen molar-refractivity contribution in [3.05, 3.63) is 42.7 Å². The van der Waals surface area contributed by atoms with Crippen molar-refractivity contribution in [1.29, 1.82) is 0 Å². The predicted molar refractivity (Wildman–Crippen MR) is 88.9 cm³/mol. The molecular weight excluding hydrogens is 330 g/mol. The van der Waals surface area contributed by atoms with Gasteiger partial charge in [-0.3, -0.25) is 9.48 Å². The fourth-order valence-electron chi connectivity index (χ4n) is 2.48. The van der Waals surface area contributed by atoms with Gasteiger partial charge in [-0.1, -0.05) is 6.07 Å². The van der Waals surface area contributed by atoms with Crippen LogP contribution >= 0.6 is 0 Å². The van der Waals surface area contributed by atoms with Gasteiger partial charge in [0.25, 0.3) is 0 Å². The third-order valence-electron chi connectivity index (χ3n) is 3.70. The Bertz CT molecular complexity index is 804. The normalized spacial score (nSPS) is 15.9. The molecule has 24 heavy (non-hydrogen) atoms. The van der Waals surface area contributed by atoms with Crippen LogP contribution in [-0.4, -0.2) is 54.6 Å². The van der Waals surface area contributed by atoms with Crippen LogP contribution in [0.15, 0.2) is 47.6 Å². The van der Waals surface area contributed by atoms with Gasteiger partial charge >= 0.3 is 0 Å². The topological polar surface area (TPSA) is 96.3 Å². The van der Waals surface area contributed by atoms with Crippen LogP contribution in [0.2, 0.25) is 0 Å². The Labute approximate surface area is 140 Å². The first-order chi connectivity index (χ1) is 11.6. The second kappa shape index (κ2) is 7.02. The Kier molecular flexibility index (Phi) is 4.81. The smallest absolute Gasteiger partial charge is 0.243 e. The van der Waals surface area contributed by atoms with Gasteiger partial charge in [-0.2, -0.15) is 9.40 Å². The highest BCUT2D eigenvalue weighted by Gasteiger charge is 2.29. The first kappa shape index (κ1) is 16.5. The van der Waals surface area contributed by atoms with Gasteiger partial charge in [0, 0.05) is 37.7 Å². The SMILES string of the molecule is O=C1CN(S(=O)(=O)c2cccc(NCCn3cccn3)c2)CCN1. The molecule has 0 radical (unpaired) electrons. The highest BCUT2D eigenvalue weighted by molar-refractivity contribution is 7.89. The summed E-state index contributed by atoms with van der Waals surface area (Å²) in [5.41, 5.74) is 0.713. The van der Waals surface area contributed by atoms with Crippen molar-refractivity contribution >= 4 is 21.6 Å². The van der Waals surface area contributed by atoms with E-state index in [1.165, 1.54) is 4.31 Å². The van der Waals surface area contributed by atoms with E-state index in [0.717, 1.165) is 0 Å². The van der Waals surface area contributed by atoms with Crippen LogP contribution in [0.3, 0.4) is 0 Å². The summed E-state index contributed by atoms with van der Waals surface area (Å²) in [4.78, 5) is 11.6. The lowest BCUT2D eigenvalue weighted by Crippen LogP contribution is -2.49. The van der Waals surface area contributed by atoms with Crippen LogP contribution in [-0.2, 0) is 21.4 Å². The molecule has 1 aromatic carbocycles. The Morgan fingerprint density at radius 2 is 2.17 bits per heavy atom. The molecule has 1 amide bonds. The number of benzene rings is 1. The van der Waals surface area contributed by atoms with Crippen LogP contribution in [0.4, 0.5) is 5.69 Å². The fraction of sp³-hybridized carbons (Fsp3) is 0.333. The minimum Gasteiger partial charge on any atom is -0.383 e. The average molecular weight is 349 g/mol. The Hall–Kier alpha value is -2.39. The molecule has 8 nitrogen and oxygen atoms in total. The fourth-order valence-corrected chi connectivity index (χ4v) is 3.93. The van der Waals surface area contributed by atoms with E-state index in [2.05, 4.69) is 15.7 Å². The number of anilines is 1. The van der Waals surface area contributed by atoms with Gasteiger partial charge in [0.15, 0.2) is 0 Å². The maximum absolute atomic E-state index is 12.6. The van der Waals surface area contributed by atoms with Crippen molar-refractivity contribution in [2.45, 2.75) is 11.4 Å². The summed E-state index contributed by atoms with van der Waals surface area (Å²) in [5, 5.41) is 9.92. The zero-order valence-electron chi connectivity index (χ0n) is 13.1. The highest BCUT2D eigenvalue weighted by atomic mass is 32.2. The minimum absolute atomic E-state index is 0.140. The van der Waals surface area contributed by atoms with E-state index in [1.807, 2.05) is 18.3 Å². The van der Waals surface area contributed by atoms with Crippen LogP contribution in [0.5, 0.6) is 0 Å². The minimum atomic E-state index is -3.67. The molecule has 0 atom stereocenters. The average Bonchev–Trinajstić information content (AvgIpc) is 3.08. The number of amides is 1. The van der Waals surface area contributed by atoms with Crippen LogP contribution in [0.25, 0.3) is 0 Å². The lowest BCUT2D eigenvalue weighted by atomic mass is 10.3. The summed E-state index contributed by atoms with van der Waals surface area (Å²) >= 11 is 0. The van der Waals surface area contributed by atoms with Gasteiger partial charge < -0.3 is 10.6 Å². The number of hydrogen-bond acceptors (Lipinski definition) is 5. The molecule has 3 rings (SSSR count). The van der Waals surface area contributed by atoms with Crippen LogP contribution in [0, 0.1) is 0 Å². The van der Waals surface area contributed by atoms with Gasteiger partial charge in [-0.25, -0.2) is 8.42 Å². The van der Waals surface area contributed by atoms with Gasteiger partial charge in [-0.15, -0.1) is 0 Å². The lowest BCUT2D eigenvalue weighted by Gasteiger charge is -2.26. The molecule has 1 fully saturated rings. The molecule has 2 heterocycles. The first-order valence-corrected chi connectivity index (χ1v) is 9.08. The van der Waals surface area contributed by atoms with Crippen molar-refractivity contribution in [2.75, 3.05) is 31.5 Å². The molecule has 0 unspecified atom stereocenters. The summed E-state index contributed by atoms with van der Waals surface area (Å²) in [5.74, 6) is -0.279. The Morgan fingerprint density at radius 3 is 2.92 bits per heavy atom. The molecule has 1 aliphatic rings. The molecular formula is C15H19N5O3S. The van der Waals surface area contributed by atoms with Crippen molar-refractivity contribution in [3.63, 3.8) is 0 Å². The molecule has 0 spiro atoms. The third-order valence-corrected chi connectivity index (χ3v) is 5.55. The van der Waals surface area contributed by atoms with Crippen molar-refractivity contribution in [3.8, 4) is 0 Å². The summed E-state index contributed by atoms with van der Waals surface area (Å²) in [6, 6.07) is 8.48. The number of carbonyl (C=O) groups is 1. The molecule has 128 valence electrons. The highest BCUT2D eigenvalue weighted by Crippen LogP contribution is 2.20. The molecule has 0 saturated carbocycles. The van der Waals surface area contributed by atoms with Gasteiger partial charge in [-0.05, 0) is 24.3 Å². The number of nitrogens with one attached hydrogen (secondary N) is 2. The maximum Gasteiger partial charge on any atom is 0.243 e. The molecule has 1 saturated heterocycles. The molecule has 2 aromatic rings. The molecule has 1 aromatic heterocycles. The molecule has 2 N–H and O–H groups in total. The monoisotopic (exact) mass is 349 g/mol. The van der Waals surface area contributed by atoms with E-state index in [1.54, 1.807) is 29.1 Å². The third kappa shape index (κ3) is 3.74. The maximum atomic E-state index is 12.6. The van der Waals surface area contributed by atoms with Gasteiger partial charge in [0.05, 0.1) is 18.0 Å². The number of rotatable bonds is 6. The molecule has 9 heteroatoms. The van der Waals surface area contributed by atoms with E-state index in [-0.39, 0.29) is 23.9 Å². The standard InChI is InChI=1S/C15H19N5O3S/c21-15-12-20(10-7-17-15)24(22,23)14-4-1-3-13(11-14)16-6-9-19-8-2-5-18-19/h1-5,8,11,16H,6-7,9-10,12H2,(H,17,21). The number of sulfonamides is 1. The largest absolute Gasteiger partial charge is 0.383 e. The van der Waals surface area contributed by atoms with Crippen molar-refractivity contribution in [1.82, 2.24) is 19.4 Å². The summed E-state index contributed by atoms with van der Waals surface area (Å²) in [6.45, 7) is 1.78. The zero-order chi connectivity index (χ0) is 17.0. The molecule has 0 bridgehead atoms. The van der Waals surface area contributed by atoms with Crippen molar-refractivity contribution in [2.24, 2.45) is 0 Å². The number of hydrogen-bond donors (Lipinski definition) is 2.